The van der Waals surface area contributed by atoms with Gasteiger partial charge in [-0.1, -0.05) is 17.7 Å². The van der Waals surface area contributed by atoms with E-state index in [1.165, 1.54) is 0 Å². The summed E-state index contributed by atoms with van der Waals surface area (Å²) in [4.78, 5) is 12.5. The van der Waals surface area contributed by atoms with Gasteiger partial charge >= 0.3 is 0 Å². The first-order valence-corrected chi connectivity index (χ1v) is 9.36. The maximum atomic E-state index is 12.5. The van der Waals surface area contributed by atoms with Crippen molar-refractivity contribution in [2.75, 3.05) is 5.73 Å². The number of halogens is 1. The highest BCUT2D eigenvalue weighted by atomic mass is 35.5. The van der Waals surface area contributed by atoms with Gasteiger partial charge in [0.2, 0.25) is 5.91 Å². The lowest BCUT2D eigenvalue weighted by atomic mass is 10.1. The van der Waals surface area contributed by atoms with E-state index in [1.807, 2.05) is 35.0 Å². The van der Waals surface area contributed by atoms with Gasteiger partial charge in [0, 0.05) is 30.0 Å². The zero-order valence-corrected chi connectivity index (χ0v) is 15.5. The smallest absolute Gasteiger partial charge is 0.240 e. The molecule has 1 aromatic carbocycles. The van der Waals surface area contributed by atoms with Crippen molar-refractivity contribution in [1.29, 1.82) is 0 Å². The van der Waals surface area contributed by atoms with E-state index in [2.05, 4.69) is 10.4 Å². The number of aromatic nitrogens is 3. The molecule has 1 saturated carbocycles. The number of nitrogens with one attached hydrogen (secondary N) is 1. The number of amides is 1. The van der Waals surface area contributed by atoms with E-state index >= 15 is 0 Å². The van der Waals surface area contributed by atoms with Gasteiger partial charge < -0.3 is 20.7 Å². The molecule has 4 N–H and O–H groups in total. The summed E-state index contributed by atoms with van der Waals surface area (Å²) >= 11 is 5.89. The number of nitrogens with zero attached hydrogens (tertiary/aromatic N) is 3. The van der Waals surface area contributed by atoms with E-state index in [4.69, 9.17) is 17.3 Å². The summed E-state index contributed by atoms with van der Waals surface area (Å²) < 4.78 is 3.64. The minimum atomic E-state index is -0.554. The number of nitrogens with two attached hydrogens (primary N) is 1. The topological polar surface area (TPSA) is 98.1 Å². The molecule has 142 valence electrons. The number of nitrogen functional groups attached to an aromatic ring is 1. The third-order valence-corrected chi connectivity index (χ3v) is 5.38. The van der Waals surface area contributed by atoms with Gasteiger partial charge in [0.05, 0.1) is 28.9 Å². The fourth-order valence-electron chi connectivity index (χ4n) is 3.92. The number of aliphatic hydroxyl groups is 1. The van der Waals surface area contributed by atoms with Crippen LogP contribution in [0.15, 0.2) is 42.9 Å². The van der Waals surface area contributed by atoms with Gasteiger partial charge in [0.1, 0.15) is 6.54 Å². The monoisotopic (exact) mass is 387 g/mol. The summed E-state index contributed by atoms with van der Waals surface area (Å²) in [6.45, 7) is 0.868. The lowest BCUT2D eigenvalue weighted by molar-refractivity contribution is -0.122. The molecule has 8 heteroatoms. The van der Waals surface area contributed by atoms with Crippen molar-refractivity contribution in [2.24, 2.45) is 5.92 Å². The molecule has 0 bridgehead atoms. The average Bonchev–Trinajstić information content (AvgIpc) is 3.30. The maximum absolute atomic E-state index is 12.5. The predicted octanol–water partition coefficient (Wildman–Crippen LogP) is 2.03. The van der Waals surface area contributed by atoms with E-state index in [9.17, 15) is 9.90 Å². The molecule has 3 atom stereocenters. The highest BCUT2D eigenvalue weighted by Gasteiger charge is 2.34. The van der Waals surface area contributed by atoms with Gasteiger partial charge in [-0.15, -0.1) is 0 Å². The van der Waals surface area contributed by atoms with Crippen molar-refractivity contribution in [1.82, 2.24) is 19.7 Å². The number of carbonyl (C=O) groups excluding carboxylic acids is 1. The van der Waals surface area contributed by atoms with Gasteiger partial charge in [-0.25, -0.2) is 0 Å². The van der Waals surface area contributed by atoms with E-state index < -0.39 is 6.10 Å². The predicted molar refractivity (Wildman–Crippen MR) is 104 cm³/mol. The molecule has 3 aromatic rings. The Hall–Kier alpha value is -2.51. The number of aliphatic hydroxyl groups excluding tert-OH is 1. The van der Waals surface area contributed by atoms with Gasteiger partial charge in [-0.2, -0.15) is 5.10 Å². The van der Waals surface area contributed by atoms with Crippen LogP contribution >= 0.6 is 11.6 Å². The zero-order chi connectivity index (χ0) is 19.0. The van der Waals surface area contributed by atoms with Crippen molar-refractivity contribution in [3.05, 3.63) is 47.9 Å². The van der Waals surface area contributed by atoms with Gasteiger partial charge in [-0.05, 0) is 37.0 Å². The second-order valence-corrected chi connectivity index (χ2v) is 7.62. The van der Waals surface area contributed by atoms with Crippen molar-refractivity contribution >= 4 is 34.1 Å². The van der Waals surface area contributed by atoms with E-state index in [1.54, 1.807) is 17.1 Å². The van der Waals surface area contributed by atoms with Gasteiger partial charge in [0.25, 0.3) is 0 Å². The van der Waals surface area contributed by atoms with Crippen LogP contribution in [0.5, 0.6) is 0 Å². The van der Waals surface area contributed by atoms with E-state index in [-0.39, 0.29) is 24.4 Å². The zero-order valence-electron chi connectivity index (χ0n) is 14.8. The largest absolute Gasteiger partial charge is 0.398 e. The number of hydrogen-bond donors (Lipinski definition) is 3. The highest BCUT2D eigenvalue weighted by Crippen LogP contribution is 2.28. The van der Waals surface area contributed by atoms with Crippen LogP contribution in [-0.2, 0) is 17.9 Å². The number of benzene rings is 1. The van der Waals surface area contributed by atoms with Crippen LogP contribution < -0.4 is 11.1 Å². The first-order chi connectivity index (χ1) is 13.0. The SMILES string of the molecule is Nc1cccc2c1ccn2CC(=O)N[C@@H]1CC(Cn2cc(Cl)cn2)C[C@H]1O. The molecule has 0 radical (unpaired) electrons. The normalized spacial score (nSPS) is 22.4. The highest BCUT2D eigenvalue weighted by molar-refractivity contribution is 6.30. The molecule has 1 amide bonds. The molecule has 2 aromatic heterocycles. The molecule has 7 nitrogen and oxygen atoms in total. The summed E-state index contributed by atoms with van der Waals surface area (Å²) in [5, 5.41) is 19.0. The first-order valence-electron chi connectivity index (χ1n) is 8.98. The van der Waals surface area contributed by atoms with Crippen molar-refractivity contribution in [2.45, 2.75) is 38.1 Å². The summed E-state index contributed by atoms with van der Waals surface area (Å²) in [7, 11) is 0. The summed E-state index contributed by atoms with van der Waals surface area (Å²) in [6.07, 6.45) is 6.01. The fourth-order valence-corrected chi connectivity index (χ4v) is 4.07. The van der Waals surface area contributed by atoms with Gasteiger partial charge in [0.15, 0.2) is 0 Å². The number of carbonyl (C=O) groups is 1. The molecular formula is C19H22ClN5O2. The number of fused-ring (bicyclic) bond motifs is 1. The lowest BCUT2D eigenvalue weighted by Gasteiger charge is -2.17. The summed E-state index contributed by atoms with van der Waals surface area (Å²) in [5.41, 5.74) is 7.58. The number of anilines is 1. The third-order valence-electron chi connectivity index (χ3n) is 5.18. The average molecular weight is 388 g/mol. The van der Waals surface area contributed by atoms with Crippen LogP contribution in [-0.4, -0.2) is 37.5 Å². The van der Waals surface area contributed by atoms with Crippen molar-refractivity contribution in [3.8, 4) is 0 Å². The quantitative estimate of drug-likeness (QED) is 0.583. The molecule has 0 aliphatic heterocycles. The molecule has 1 unspecified atom stereocenters. The van der Waals surface area contributed by atoms with Crippen LogP contribution in [0.25, 0.3) is 10.9 Å². The van der Waals surface area contributed by atoms with Crippen LogP contribution in [0.1, 0.15) is 12.8 Å². The Labute approximate surface area is 161 Å². The third kappa shape index (κ3) is 3.79. The summed E-state index contributed by atoms with van der Waals surface area (Å²) in [6, 6.07) is 7.32. The summed E-state index contributed by atoms with van der Waals surface area (Å²) in [5.74, 6) is 0.121. The van der Waals surface area contributed by atoms with E-state index in [0.29, 0.717) is 30.1 Å². The Morgan fingerprint density at radius 1 is 1.37 bits per heavy atom. The molecule has 1 aliphatic rings. The Morgan fingerprint density at radius 2 is 2.22 bits per heavy atom. The molecular weight excluding hydrogens is 366 g/mol. The Bertz CT molecular complexity index is 966. The molecule has 0 saturated heterocycles. The minimum Gasteiger partial charge on any atom is -0.398 e. The molecule has 2 heterocycles. The van der Waals surface area contributed by atoms with Crippen LogP contribution in [0.3, 0.4) is 0 Å². The number of hydrogen-bond acceptors (Lipinski definition) is 4. The lowest BCUT2D eigenvalue weighted by Crippen LogP contribution is -2.41. The van der Waals surface area contributed by atoms with Gasteiger partial charge in [-0.3, -0.25) is 9.48 Å². The molecule has 1 aliphatic carbocycles. The second kappa shape index (κ2) is 7.25. The number of rotatable bonds is 5. The van der Waals surface area contributed by atoms with Crippen LogP contribution in [0.4, 0.5) is 5.69 Å². The molecule has 0 spiro atoms. The molecule has 4 rings (SSSR count). The Kier molecular flexibility index (Phi) is 4.80. The molecule has 1 fully saturated rings. The van der Waals surface area contributed by atoms with Crippen LogP contribution in [0, 0.1) is 5.92 Å². The molecule has 27 heavy (non-hydrogen) atoms. The fraction of sp³-hybridized carbons (Fsp3) is 0.368. The Balaban J connectivity index is 1.37. The maximum Gasteiger partial charge on any atom is 0.240 e. The second-order valence-electron chi connectivity index (χ2n) is 7.18. The first kappa shape index (κ1) is 17.9. The van der Waals surface area contributed by atoms with Crippen molar-refractivity contribution < 1.29 is 9.90 Å². The van der Waals surface area contributed by atoms with E-state index in [0.717, 1.165) is 10.9 Å². The minimum absolute atomic E-state index is 0.123. The van der Waals surface area contributed by atoms with Crippen LogP contribution in [0.2, 0.25) is 5.02 Å². The van der Waals surface area contributed by atoms with Crippen molar-refractivity contribution in [3.63, 3.8) is 0 Å². The Morgan fingerprint density at radius 3 is 3.00 bits per heavy atom. The standard InChI is InChI=1S/C19H22ClN5O2/c20-13-8-22-25(10-13)9-12-6-16(18(26)7-12)23-19(27)11-24-5-4-14-15(21)2-1-3-17(14)24/h1-5,8,10,12,16,18,26H,6-7,9,11,21H2,(H,23,27)/t12?,16-,18-/m1/s1.